The summed E-state index contributed by atoms with van der Waals surface area (Å²) in [5.41, 5.74) is 15.3. The maximum Gasteiger partial charge on any atom is 0.0546 e. The van der Waals surface area contributed by atoms with Gasteiger partial charge in [0.1, 0.15) is 0 Å². The minimum atomic E-state index is 1.09. The zero-order chi connectivity index (χ0) is 39.8. The lowest BCUT2D eigenvalue weighted by Crippen LogP contribution is -2.11. The van der Waals surface area contributed by atoms with E-state index < -0.39 is 0 Å². The Morgan fingerprint density at radius 1 is 0.267 bits per heavy atom. The quantitative estimate of drug-likeness (QED) is 0.148. The van der Waals surface area contributed by atoms with Crippen LogP contribution in [0.1, 0.15) is 0 Å². The molecule has 10 aromatic carbocycles. The fraction of sp³-hybridized carbons (Fsp3) is 0. The highest BCUT2D eigenvalue weighted by Gasteiger charge is 2.21. The molecule has 1 nitrogen and oxygen atoms in total. The van der Waals surface area contributed by atoms with Crippen molar-refractivity contribution in [3.8, 4) is 55.6 Å². The molecule has 11 aromatic rings. The van der Waals surface area contributed by atoms with Crippen LogP contribution in [0.15, 0.2) is 237 Å². The minimum absolute atomic E-state index is 1.09. The fourth-order valence-electron chi connectivity index (χ4n) is 8.76. The van der Waals surface area contributed by atoms with E-state index in [2.05, 4.69) is 241 Å². The Morgan fingerprint density at radius 2 is 0.817 bits per heavy atom. The molecule has 0 N–H and O–H groups in total. The zero-order valence-corrected chi connectivity index (χ0v) is 33.7. The van der Waals surface area contributed by atoms with Gasteiger partial charge in [-0.05, 0) is 109 Å². The van der Waals surface area contributed by atoms with E-state index >= 15 is 0 Å². The van der Waals surface area contributed by atoms with Crippen LogP contribution in [0.3, 0.4) is 0 Å². The lowest BCUT2D eigenvalue weighted by molar-refractivity contribution is 1.29. The van der Waals surface area contributed by atoms with Crippen LogP contribution < -0.4 is 4.90 Å². The lowest BCUT2D eigenvalue weighted by Gasteiger charge is -2.29. The van der Waals surface area contributed by atoms with E-state index in [1.165, 1.54) is 86.6 Å². The highest BCUT2D eigenvalue weighted by molar-refractivity contribution is 7.25. The Labute approximate surface area is 354 Å². The Hall–Kier alpha value is -7.52. The summed E-state index contributed by atoms with van der Waals surface area (Å²) >= 11 is 1.85. The molecular formula is C58H39NS. The molecule has 0 saturated heterocycles. The van der Waals surface area contributed by atoms with Crippen molar-refractivity contribution in [3.05, 3.63) is 237 Å². The molecule has 0 atom stereocenters. The van der Waals surface area contributed by atoms with Gasteiger partial charge in [0, 0.05) is 37.1 Å². The molecule has 0 unspecified atom stereocenters. The fourth-order valence-corrected chi connectivity index (χ4v) is 9.84. The Kier molecular flexibility index (Phi) is 9.11. The molecule has 0 spiro atoms. The van der Waals surface area contributed by atoms with Crippen LogP contribution in [0.4, 0.5) is 17.1 Å². The molecule has 282 valence electrons. The molecule has 0 saturated carbocycles. The van der Waals surface area contributed by atoms with E-state index in [0.29, 0.717) is 0 Å². The van der Waals surface area contributed by atoms with E-state index in [9.17, 15) is 0 Å². The van der Waals surface area contributed by atoms with Crippen LogP contribution in [-0.4, -0.2) is 0 Å². The van der Waals surface area contributed by atoms with E-state index in [-0.39, 0.29) is 0 Å². The van der Waals surface area contributed by atoms with Gasteiger partial charge >= 0.3 is 0 Å². The number of hydrogen-bond donors (Lipinski definition) is 0. The minimum Gasteiger partial charge on any atom is -0.310 e. The van der Waals surface area contributed by atoms with E-state index in [1.54, 1.807) is 0 Å². The van der Waals surface area contributed by atoms with E-state index in [1.807, 2.05) is 11.3 Å². The highest BCUT2D eigenvalue weighted by atomic mass is 32.1. The first kappa shape index (κ1) is 35.6. The van der Waals surface area contributed by atoms with Gasteiger partial charge in [-0.3, -0.25) is 0 Å². The van der Waals surface area contributed by atoms with Crippen LogP contribution in [0.2, 0.25) is 0 Å². The summed E-state index contributed by atoms with van der Waals surface area (Å²) in [4.78, 5) is 2.46. The molecule has 0 amide bonds. The van der Waals surface area contributed by atoms with Gasteiger partial charge in [0.25, 0.3) is 0 Å². The van der Waals surface area contributed by atoms with Crippen molar-refractivity contribution in [2.45, 2.75) is 0 Å². The zero-order valence-electron chi connectivity index (χ0n) is 32.9. The lowest BCUT2D eigenvalue weighted by atomic mass is 9.91. The van der Waals surface area contributed by atoms with Crippen molar-refractivity contribution >= 4 is 59.3 Å². The first-order valence-electron chi connectivity index (χ1n) is 20.5. The van der Waals surface area contributed by atoms with Crippen molar-refractivity contribution in [1.82, 2.24) is 0 Å². The van der Waals surface area contributed by atoms with Gasteiger partial charge in [0.15, 0.2) is 0 Å². The average molecular weight is 782 g/mol. The van der Waals surface area contributed by atoms with Gasteiger partial charge in [-0.25, -0.2) is 0 Å². The van der Waals surface area contributed by atoms with Crippen LogP contribution in [0, 0.1) is 0 Å². The van der Waals surface area contributed by atoms with E-state index in [4.69, 9.17) is 0 Å². The summed E-state index contributed by atoms with van der Waals surface area (Å²) in [6.45, 7) is 0. The monoisotopic (exact) mass is 781 g/mol. The number of benzene rings is 10. The second kappa shape index (κ2) is 15.3. The summed E-state index contributed by atoms with van der Waals surface area (Å²) in [7, 11) is 0. The number of rotatable bonds is 8. The van der Waals surface area contributed by atoms with Gasteiger partial charge < -0.3 is 4.90 Å². The van der Waals surface area contributed by atoms with Gasteiger partial charge in [0.05, 0.1) is 5.69 Å². The smallest absolute Gasteiger partial charge is 0.0546 e. The summed E-state index contributed by atoms with van der Waals surface area (Å²) in [6.07, 6.45) is 0. The molecule has 1 heterocycles. The average Bonchev–Trinajstić information content (AvgIpc) is 3.70. The van der Waals surface area contributed by atoms with Crippen molar-refractivity contribution < 1.29 is 0 Å². The van der Waals surface area contributed by atoms with Gasteiger partial charge in [0.2, 0.25) is 0 Å². The summed E-state index contributed by atoms with van der Waals surface area (Å²) < 4.78 is 2.59. The third-order valence-electron chi connectivity index (χ3n) is 11.7. The first-order valence-corrected chi connectivity index (χ1v) is 21.3. The molecule has 1 aromatic heterocycles. The molecule has 0 aliphatic rings. The predicted octanol–water partition coefficient (Wildman–Crippen LogP) is 17.0. The molecule has 0 fully saturated rings. The maximum absolute atomic E-state index is 2.46. The molecule has 60 heavy (non-hydrogen) atoms. The number of fused-ring (bicyclic) bond motifs is 4. The number of nitrogens with zero attached hydrogens (tertiary/aromatic N) is 1. The van der Waals surface area contributed by atoms with Gasteiger partial charge in [-0.2, -0.15) is 0 Å². The van der Waals surface area contributed by atoms with E-state index in [0.717, 1.165) is 17.1 Å². The maximum atomic E-state index is 2.46. The van der Waals surface area contributed by atoms with Crippen LogP contribution in [0.25, 0.3) is 86.6 Å². The number of anilines is 3. The van der Waals surface area contributed by atoms with Crippen molar-refractivity contribution in [1.29, 1.82) is 0 Å². The molecule has 0 aliphatic heterocycles. The summed E-state index contributed by atoms with van der Waals surface area (Å²) in [6, 6.07) is 86.3. The van der Waals surface area contributed by atoms with Crippen LogP contribution in [-0.2, 0) is 0 Å². The van der Waals surface area contributed by atoms with Gasteiger partial charge in [-0.1, -0.05) is 188 Å². The molecule has 0 aliphatic carbocycles. The third kappa shape index (κ3) is 6.54. The highest BCUT2D eigenvalue weighted by Crippen LogP contribution is 2.46. The summed E-state index contributed by atoms with van der Waals surface area (Å²) in [5.74, 6) is 0. The normalized spacial score (nSPS) is 11.3. The second-order valence-corrected chi connectivity index (χ2v) is 16.4. The molecule has 0 bridgehead atoms. The van der Waals surface area contributed by atoms with Crippen molar-refractivity contribution in [3.63, 3.8) is 0 Å². The number of hydrogen-bond acceptors (Lipinski definition) is 2. The molecule has 0 radical (unpaired) electrons. The molecular weight excluding hydrogens is 743 g/mol. The van der Waals surface area contributed by atoms with Crippen molar-refractivity contribution in [2.24, 2.45) is 0 Å². The first-order chi connectivity index (χ1) is 29.7. The molecule has 2 heteroatoms. The molecule has 11 rings (SSSR count). The topological polar surface area (TPSA) is 3.24 Å². The Bertz CT molecular complexity index is 3290. The Balaban J connectivity index is 1.10. The van der Waals surface area contributed by atoms with Gasteiger partial charge in [-0.15, -0.1) is 11.3 Å². The standard InChI is InChI=1S/C58H39NS/c1-4-15-41(16-5-1)51-34-29-45(37-54(51)44-19-8-3-9-20-44)40-27-31-47(32-28-40)59(48-33-36-58-55(39-48)53-24-12-13-26-57(53)60-58)56-38-46(30-35-52(56)43-17-6-2-7-18-43)50-25-14-22-42-21-10-11-23-49(42)50/h1-39H. The second-order valence-electron chi connectivity index (χ2n) is 15.3. The van der Waals surface area contributed by atoms with Crippen LogP contribution >= 0.6 is 11.3 Å². The van der Waals surface area contributed by atoms with Crippen LogP contribution in [0.5, 0.6) is 0 Å². The third-order valence-corrected chi connectivity index (χ3v) is 12.8. The predicted molar refractivity (Wildman–Crippen MR) is 259 cm³/mol. The SMILES string of the molecule is c1ccc(-c2ccc(-c3ccc(N(c4ccc5sc6ccccc6c5c4)c4cc(-c5cccc6ccccc56)ccc4-c4ccccc4)cc3)cc2-c2ccccc2)cc1. The Morgan fingerprint density at radius 3 is 1.57 bits per heavy atom. The summed E-state index contributed by atoms with van der Waals surface area (Å²) in [5, 5.41) is 5.04. The number of thiophene rings is 1. The largest absolute Gasteiger partial charge is 0.310 e. The van der Waals surface area contributed by atoms with Crippen molar-refractivity contribution in [2.75, 3.05) is 4.90 Å².